The van der Waals surface area contributed by atoms with Gasteiger partial charge in [0.15, 0.2) is 0 Å². The second-order valence-electron chi connectivity index (χ2n) is 4.20. The number of hydrogen-bond acceptors (Lipinski definition) is 3. The molecule has 1 fully saturated rings. The van der Waals surface area contributed by atoms with Crippen LogP contribution in [-0.4, -0.2) is 66.0 Å². The van der Waals surface area contributed by atoms with Gasteiger partial charge in [-0.15, -0.1) is 0 Å². The monoisotopic (exact) mass is 243 g/mol. The minimum atomic E-state index is -1.05. The smallest absolute Gasteiger partial charge is 0.323 e. The maximum Gasteiger partial charge on any atom is 0.323 e. The van der Waals surface area contributed by atoms with E-state index in [1.54, 1.807) is 14.1 Å². The molecule has 0 spiro atoms. The van der Waals surface area contributed by atoms with Crippen LogP contribution in [0.4, 0.5) is 4.79 Å². The van der Waals surface area contributed by atoms with Crippen LogP contribution in [-0.2, 0) is 9.59 Å². The molecule has 0 atom stereocenters. The molecule has 0 aromatic rings. The lowest BCUT2D eigenvalue weighted by molar-refractivity contribution is -0.137. The van der Waals surface area contributed by atoms with E-state index in [-0.39, 0.29) is 25.0 Å². The molecule has 0 radical (unpaired) electrons. The van der Waals surface area contributed by atoms with E-state index in [2.05, 4.69) is 5.32 Å². The first-order valence-corrected chi connectivity index (χ1v) is 5.38. The summed E-state index contributed by atoms with van der Waals surface area (Å²) in [4.78, 5) is 36.1. The first kappa shape index (κ1) is 13.3. The zero-order valence-electron chi connectivity index (χ0n) is 9.97. The maximum atomic E-state index is 11.7. The number of carboxylic acid groups (broad SMARTS) is 1. The minimum absolute atomic E-state index is 0.000517. The molecule has 1 rings (SSSR count). The third-order valence-electron chi connectivity index (χ3n) is 2.44. The summed E-state index contributed by atoms with van der Waals surface area (Å²) >= 11 is 0. The number of hydrogen-bond donors (Lipinski definition) is 2. The Bertz CT molecular complexity index is 326. The van der Waals surface area contributed by atoms with Crippen LogP contribution in [0.1, 0.15) is 12.8 Å². The molecule has 96 valence electrons. The summed E-state index contributed by atoms with van der Waals surface area (Å²) < 4.78 is 0. The van der Waals surface area contributed by atoms with Crippen molar-refractivity contribution in [1.29, 1.82) is 0 Å². The van der Waals surface area contributed by atoms with E-state index in [0.717, 1.165) is 12.8 Å². The normalized spacial score (nSPS) is 14.0. The van der Waals surface area contributed by atoms with Gasteiger partial charge in [0, 0.05) is 20.1 Å². The van der Waals surface area contributed by atoms with Gasteiger partial charge >= 0.3 is 12.0 Å². The predicted octanol–water partition coefficient (Wildman–Crippen LogP) is -0.667. The van der Waals surface area contributed by atoms with Crippen LogP contribution in [0, 0.1) is 0 Å². The average Bonchev–Trinajstić information content (AvgIpc) is 3.05. The molecule has 17 heavy (non-hydrogen) atoms. The molecule has 2 N–H and O–H groups in total. The van der Waals surface area contributed by atoms with Gasteiger partial charge in [-0.05, 0) is 12.8 Å². The number of rotatable bonds is 5. The van der Waals surface area contributed by atoms with Gasteiger partial charge in [0.05, 0.1) is 6.54 Å². The number of nitrogens with one attached hydrogen (secondary N) is 1. The molecular weight excluding hydrogens is 226 g/mol. The Hall–Kier alpha value is -1.79. The number of carboxylic acids is 1. The van der Waals surface area contributed by atoms with Crippen LogP contribution >= 0.6 is 0 Å². The molecule has 0 aromatic carbocycles. The van der Waals surface area contributed by atoms with Crippen LogP contribution < -0.4 is 5.32 Å². The van der Waals surface area contributed by atoms with Gasteiger partial charge in [0.25, 0.3) is 0 Å². The molecule has 1 aliphatic rings. The van der Waals surface area contributed by atoms with Crippen molar-refractivity contribution < 1.29 is 19.5 Å². The van der Waals surface area contributed by atoms with Crippen LogP contribution in [0.25, 0.3) is 0 Å². The van der Waals surface area contributed by atoms with E-state index < -0.39 is 12.0 Å². The summed E-state index contributed by atoms with van der Waals surface area (Å²) in [5.41, 5.74) is 0. The van der Waals surface area contributed by atoms with E-state index in [1.807, 2.05) is 0 Å². The van der Waals surface area contributed by atoms with Gasteiger partial charge in [-0.1, -0.05) is 0 Å². The van der Waals surface area contributed by atoms with Crippen molar-refractivity contribution in [2.45, 2.75) is 18.9 Å². The third-order valence-corrected chi connectivity index (χ3v) is 2.44. The Morgan fingerprint density at radius 1 is 1.29 bits per heavy atom. The highest BCUT2D eigenvalue weighted by Crippen LogP contribution is 2.26. The number of aliphatic carboxylic acids is 1. The quantitative estimate of drug-likeness (QED) is 0.670. The van der Waals surface area contributed by atoms with Gasteiger partial charge in [0.2, 0.25) is 5.91 Å². The fraction of sp³-hybridized carbons (Fsp3) is 0.700. The van der Waals surface area contributed by atoms with E-state index in [1.165, 1.54) is 9.80 Å². The fourth-order valence-electron chi connectivity index (χ4n) is 1.31. The number of urea groups is 1. The Morgan fingerprint density at radius 3 is 2.29 bits per heavy atom. The molecular formula is C10H17N3O4. The van der Waals surface area contributed by atoms with Gasteiger partial charge in [0.1, 0.15) is 6.54 Å². The standard InChI is InChI=1S/C10H17N3O4/c1-12(2)8(14)5-11-10(17)13(6-9(15)16)7-3-4-7/h7H,3-6H2,1-2H3,(H,11,17)(H,15,16). The number of amides is 3. The van der Waals surface area contributed by atoms with E-state index in [4.69, 9.17) is 5.11 Å². The Labute approximate surface area is 99.4 Å². The van der Waals surface area contributed by atoms with Crippen molar-refractivity contribution in [3.63, 3.8) is 0 Å². The summed E-state index contributed by atoms with van der Waals surface area (Å²) in [6.45, 7) is -0.443. The molecule has 3 amide bonds. The summed E-state index contributed by atoms with van der Waals surface area (Å²) in [5.74, 6) is -1.28. The summed E-state index contributed by atoms with van der Waals surface area (Å²) in [5, 5.41) is 11.1. The third kappa shape index (κ3) is 4.29. The van der Waals surface area contributed by atoms with Crippen molar-refractivity contribution >= 4 is 17.9 Å². The van der Waals surface area contributed by atoms with Gasteiger partial charge in [-0.3, -0.25) is 9.59 Å². The molecule has 7 heteroatoms. The highest BCUT2D eigenvalue weighted by Gasteiger charge is 2.33. The maximum absolute atomic E-state index is 11.7. The lowest BCUT2D eigenvalue weighted by atomic mass is 10.4. The van der Waals surface area contributed by atoms with Crippen molar-refractivity contribution in [2.24, 2.45) is 0 Å². The number of carbonyl (C=O) groups excluding carboxylic acids is 2. The highest BCUT2D eigenvalue weighted by atomic mass is 16.4. The Morgan fingerprint density at radius 2 is 1.88 bits per heavy atom. The van der Waals surface area contributed by atoms with E-state index in [0.29, 0.717) is 0 Å². The van der Waals surface area contributed by atoms with Crippen LogP contribution in [0.2, 0.25) is 0 Å². The lowest BCUT2D eigenvalue weighted by Crippen LogP contribution is -2.47. The minimum Gasteiger partial charge on any atom is -0.480 e. The molecule has 0 unspecified atom stereocenters. The molecule has 1 aliphatic carbocycles. The summed E-state index contributed by atoms with van der Waals surface area (Å²) in [7, 11) is 3.18. The first-order valence-electron chi connectivity index (χ1n) is 5.38. The zero-order chi connectivity index (χ0) is 13.0. The van der Waals surface area contributed by atoms with Gasteiger partial charge in [-0.2, -0.15) is 0 Å². The second kappa shape index (κ2) is 5.51. The number of nitrogens with zero attached hydrogens (tertiary/aromatic N) is 2. The van der Waals surface area contributed by atoms with Crippen LogP contribution in [0.5, 0.6) is 0 Å². The highest BCUT2D eigenvalue weighted by molar-refractivity contribution is 5.85. The molecule has 0 saturated heterocycles. The summed E-state index contributed by atoms with van der Waals surface area (Å²) in [6.07, 6.45) is 1.64. The molecule has 7 nitrogen and oxygen atoms in total. The molecule has 0 aromatic heterocycles. The molecule has 0 aliphatic heterocycles. The van der Waals surface area contributed by atoms with Crippen LogP contribution in [0.3, 0.4) is 0 Å². The number of likely N-dealkylation sites (N-methyl/N-ethyl adjacent to an activating group) is 1. The van der Waals surface area contributed by atoms with Gasteiger partial charge < -0.3 is 20.2 Å². The van der Waals surface area contributed by atoms with Gasteiger partial charge in [-0.25, -0.2) is 4.79 Å². The van der Waals surface area contributed by atoms with Crippen molar-refractivity contribution in [3.8, 4) is 0 Å². The first-order chi connectivity index (χ1) is 7.91. The lowest BCUT2D eigenvalue weighted by Gasteiger charge is -2.21. The summed E-state index contributed by atoms with van der Waals surface area (Å²) in [6, 6.07) is -0.495. The molecule has 1 saturated carbocycles. The SMILES string of the molecule is CN(C)C(=O)CNC(=O)N(CC(=O)O)C1CC1. The Kier molecular flexibility index (Phi) is 4.30. The van der Waals surface area contributed by atoms with Crippen LogP contribution in [0.15, 0.2) is 0 Å². The fourth-order valence-corrected chi connectivity index (χ4v) is 1.31. The van der Waals surface area contributed by atoms with E-state index in [9.17, 15) is 14.4 Å². The van der Waals surface area contributed by atoms with Crippen molar-refractivity contribution in [2.75, 3.05) is 27.2 Å². The van der Waals surface area contributed by atoms with E-state index >= 15 is 0 Å². The predicted molar refractivity (Wildman–Crippen MR) is 59.5 cm³/mol. The zero-order valence-corrected chi connectivity index (χ0v) is 9.97. The van der Waals surface area contributed by atoms with Crippen molar-refractivity contribution in [3.05, 3.63) is 0 Å². The number of carbonyl (C=O) groups is 3. The average molecular weight is 243 g/mol. The molecule has 0 bridgehead atoms. The second-order valence-corrected chi connectivity index (χ2v) is 4.20. The largest absolute Gasteiger partial charge is 0.480 e. The topological polar surface area (TPSA) is 90.0 Å². The Balaban J connectivity index is 2.43. The van der Waals surface area contributed by atoms with Crippen molar-refractivity contribution in [1.82, 2.24) is 15.1 Å². The molecule has 0 heterocycles.